The minimum Gasteiger partial charge on any atom is -0.220 e. The average Bonchev–Trinajstić information content (AvgIpc) is 3.13. The first kappa shape index (κ1) is 15.3. The van der Waals surface area contributed by atoms with Crippen molar-refractivity contribution in [2.45, 2.75) is 30.6 Å². The van der Waals surface area contributed by atoms with Crippen LogP contribution in [0, 0.1) is 6.92 Å². The summed E-state index contributed by atoms with van der Waals surface area (Å²) in [5.74, 6) is 0.128. The highest BCUT2D eigenvalue weighted by Gasteiger charge is 2.36. The fraction of sp³-hybridized carbons (Fsp3) is 0.308. The third-order valence-electron chi connectivity index (χ3n) is 3.41. The Balaban J connectivity index is 2.25. The van der Waals surface area contributed by atoms with Crippen molar-refractivity contribution in [1.82, 2.24) is 9.78 Å². The van der Waals surface area contributed by atoms with E-state index in [9.17, 15) is 8.42 Å². The Hall–Kier alpha value is -0.560. The number of aromatic nitrogens is 2. The van der Waals surface area contributed by atoms with Gasteiger partial charge in [0.2, 0.25) is 0 Å². The van der Waals surface area contributed by atoms with Crippen LogP contribution < -0.4 is 0 Å². The summed E-state index contributed by atoms with van der Waals surface area (Å²) in [7, 11) is 1.60. The van der Waals surface area contributed by atoms with Crippen molar-refractivity contribution in [3.8, 4) is 5.69 Å². The number of halogens is 3. The topological polar surface area (TPSA) is 52.0 Å². The number of hydrogen-bond acceptors (Lipinski definition) is 3. The summed E-state index contributed by atoms with van der Waals surface area (Å²) >= 11 is 9.65. The molecule has 0 amide bonds. The molecule has 1 aromatic carbocycles. The molecule has 0 bridgehead atoms. The molecule has 0 radical (unpaired) electrons. The quantitative estimate of drug-likeness (QED) is 0.705. The maximum absolute atomic E-state index is 11.8. The van der Waals surface area contributed by atoms with E-state index in [1.807, 2.05) is 25.1 Å². The lowest BCUT2D eigenvalue weighted by Gasteiger charge is -2.07. The summed E-state index contributed by atoms with van der Waals surface area (Å²) in [4.78, 5) is -0.0596. The molecule has 1 aliphatic rings. The molecule has 1 aromatic heterocycles. The highest BCUT2D eigenvalue weighted by Crippen LogP contribution is 2.45. The van der Waals surface area contributed by atoms with Gasteiger partial charge in [-0.3, -0.25) is 0 Å². The molecule has 0 atom stereocenters. The fourth-order valence-electron chi connectivity index (χ4n) is 2.26. The van der Waals surface area contributed by atoms with Crippen LogP contribution in [0.1, 0.15) is 30.0 Å². The minimum atomic E-state index is -3.93. The van der Waals surface area contributed by atoms with Gasteiger partial charge in [-0.15, -0.1) is 0 Å². The molecule has 1 fully saturated rings. The first-order valence-corrected chi connectivity index (χ1v) is 9.76. The van der Waals surface area contributed by atoms with Crippen LogP contribution in [-0.4, -0.2) is 18.2 Å². The molecule has 0 aliphatic heterocycles. The molecule has 1 saturated carbocycles. The molecule has 112 valence electrons. The molecule has 4 nitrogen and oxygen atoms in total. The van der Waals surface area contributed by atoms with Crippen molar-refractivity contribution >= 4 is 47.3 Å². The summed E-state index contributed by atoms with van der Waals surface area (Å²) in [6.45, 7) is 1.91. The van der Waals surface area contributed by atoms with Crippen LogP contribution in [-0.2, 0) is 9.05 Å². The smallest absolute Gasteiger partial charge is 0.220 e. The molecule has 21 heavy (non-hydrogen) atoms. The van der Waals surface area contributed by atoms with Crippen LogP contribution in [0.25, 0.3) is 5.69 Å². The van der Waals surface area contributed by atoms with Gasteiger partial charge in [0.15, 0.2) is 5.15 Å². The normalized spacial score (nSPS) is 15.4. The number of rotatable bonds is 3. The molecule has 1 heterocycles. The molecule has 3 rings (SSSR count). The molecular formula is C13H11BrCl2N2O2S. The second-order valence-corrected chi connectivity index (χ2v) is 8.84. The predicted molar refractivity (Wildman–Crippen MR) is 86.0 cm³/mol. The van der Waals surface area contributed by atoms with Crippen molar-refractivity contribution < 1.29 is 8.42 Å². The Morgan fingerprint density at radius 3 is 2.57 bits per heavy atom. The second-order valence-electron chi connectivity index (χ2n) is 5.06. The molecule has 0 unspecified atom stereocenters. The average molecular weight is 410 g/mol. The standard InChI is InChI=1S/C13H11BrCl2N2O2S/c1-7-6-9(14)4-5-10(7)18-13(15)12(21(16,19)20)11(17-18)8-2-3-8/h4-6,8H,2-3H2,1H3. The lowest BCUT2D eigenvalue weighted by molar-refractivity contribution is 0.608. The Morgan fingerprint density at radius 1 is 1.38 bits per heavy atom. The van der Waals surface area contributed by atoms with E-state index in [2.05, 4.69) is 21.0 Å². The highest BCUT2D eigenvalue weighted by molar-refractivity contribution is 9.10. The summed E-state index contributed by atoms with van der Waals surface area (Å²) in [5, 5.41) is 4.44. The van der Waals surface area contributed by atoms with Gasteiger partial charge < -0.3 is 0 Å². The van der Waals surface area contributed by atoms with Crippen LogP contribution in [0.4, 0.5) is 0 Å². The lowest BCUT2D eigenvalue weighted by Crippen LogP contribution is -2.00. The Bertz CT molecular complexity index is 829. The largest absolute Gasteiger partial charge is 0.266 e. The first-order valence-electron chi connectivity index (χ1n) is 6.28. The monoisotopic (exact) mass is 408 g/mol. The molecule has 2 aromatic rings. The van der Waals surface area contributed by atoms with Gasteiger partial charge in [-0.05, 0) is 43.5 Å². The van der Waals surface area contributed by atoms with E-state index >= 15 is 0 Å². The van der Waals surface area contributed by atoms with Gasteiger partial charge in [-0.2, -0.15) is 5.10 Å². The predicted octanol–water partition coefficient (Wildman–Crippen LogP) is 4.40. The summed E-state index contributed by atoms with van der Waals surface area (Å²) < 4.78 is 26.0. The molecule has 1 aliphatic carbocycles. The van der Waals surface area contributed by atoms with Gasteiger partial charge in [0.25, 0.3) is 9.05 Å². The zero-order valence-corrected chi connectivity index (χ0v) is 14.9. The zero-order chi connectivity index (χ0) is 15.4. The van der Waals surface area contributed by atoms with Crippen LogP contribution in [0.5, 0.6) is 0 Å². The summed E-state index contributed by atoms with van der Waals surface area (Å²) in [5.41, 5.74) is 2.13. The molecule has 0 spiro atoms. The highest BCUT2D eigenvalue weighted by atomic mass is 79.9. The van der Waals surface area contributed by atoms with Gasteiger partial charge >= 0.3 is 0 Å². The van der Waals surface area contributed by atoms with E-state index in [-0.39, 0.29) is 16.0 Å². The van der Waals surface area contributed by atoms with E-state index in [0.29, 0.717) is 5.69 Å². The van der Waals surface area contributed by atoms with E-state index in [4.69, 9.17) is 22.3 Å². The van der Waals surface area contributed by atoms with Crippen LogP contribution in [0.15, 0.2) is 27.6 Å². The summed E-state index contributed by atoms with van der Waals surface area (Å²) in [6.07, 6.45) is 1.82. The SMILES string of the molecule is Cc1cc(Br)ccc1-n1nc(C2CC2)c(S(=O)(=O)Cl)c1Cl. The van der Waals surface area contributed by atoms with Crippen LogP contribution >= 0.6 is 38.2 Å². The van der Waals surface area contributed by atoms with E-state index in [0.717, 1.165) is 28.6 Å². The van der Waals surface area contributed by atoms with Gasteiger partial charge in [0.1, 0.15) is 4.90 Å². The number of nitrogens with zero attached hydrogens (tertiary/aromatic N) is 2. The van der Waals surface area contributed by atoms with Crippen molar-refractivity contribution in [2.75, 3.05) is 0 Å². The van der Waals surface area contributed by atoms with E-state index < -0.39 is 9.05 Å². The first-order chi connectivity index (χ1) is 9.79. The van der Waals surface area contributed by atoms with Gasteiger partial charge in [-0.1, -0.05) is 27.5 Å². The van der Waals surface area contributed by atoms with E-state index in [1.54, 1.807) is 0 Å². The zero-order valence-electron chi connectivity index (χ0n) is 11.0. The molecule has 0 saturated heterocycles. The maximum atomic E-state index is 11.8. The maximum Gasteiger partial charge on any atom is 0.266 e. The third kappa shape index (κ3) is 2.86. The molecule has 8 heteroatoms. The van der Waals surface area contributed by atoms with Crippen LogP contribution in [0.2, 0.25) is 5.15 Å². The van der Waals surface area contributed by atoms with Crippen LogP contribution in [0.3, 0.4) is 0 Å². The molecule has 0 N–H and O–H groups in total. The van der Waals surface area contributed by atoms with Crippen molar-refractivity contribution in [3.05, 3.63) is 39.1 Å². The number of benzene rings is 1. The minimum absolute atomic E-state index is 0.0392. The fourth-order valence-corrected chi connectivity index (χ4v) is 4.59. The van der Waals surface area contributed by atoms with Crippen molar-refractivity contribution in [2.24, 2.45) is 0 Å². The van der Waals surface area contributed by atoms with Crippen molar-refractivity contribution in [3.63, 3.8) is 0 Å². The number of aryl methyl sites for hydroxylation is 1. The molecular weight excluding hydrogens is 399 g/mol. The second kappa shape index (κ2) is 5.26. The van der Waals surface area contributed by atoms with E-state index in [1.165, 1.54) is 4.68 Å². The number of hydrogen-bond donors (Lipinski definition) is 0. The van der Waals surface area contributed by atoms with Gasteiger partial charge in [-0.25, -0.2) is 13.1 Å². The van der Waals surface area contributed by atoms with Crippen molar-refractivity contribution in [1.29, 1.82) is 0 Å². The third-order valence-corrected chi connectivity index (χ3v) is 5.72. The Labute approximate surface area is 140 Å². The lowest BCUT2D eigenvalue weighted by atomic mass is 10.2. The van der Waals surface area contributed by atoms with Gasteiger partial charge in [0, 0.05) is 21.1 Å². The van der Waals surface area contributed by atoms with Gasteiger partial charge in [0.05, 0.1) is 11.4 Å². The summed E-state index contributed by atoms with van der Waals surface area (Å²) in [6, 6.07) is 5.60. The Morgan fingerprint density at radius 2 is 2.05 bits per heavy atom. The Kier molecular flexibility index (Phi) is 3.84.